The molecule has 6 nitrogen and oxygen atoms in total. The quantitative estimate of drug-likeness (QED) is 0.412. The third-order valence-corrected chi connectivity index (χ3v) is 5.16. The minimum absolute atomic E-state index is 0.157. The molecule has 1 N–H and O–H groups in total. The lowest BCUT2D eigenvalue weighted by molar-refractivity contribution is 0.0945. The number of aromatic nitrogens is 3. The van der Waals surface area contributed by atoms with Crippen LogP contribution in [0.2, 0.25) is 0 Å². The van der Waals surface area contributed by atoms with Crippen LogP contribution in [0, 0.1) is 0 Å². The van der Waals surface area contributed by atoms with Crippen molar-refractivity contribution in [2.75, 3.05) is 13.7 Å². The van der Waals surface area contributed by atoms with Crippen LogP contribution in [0.25, 0.3) is 28.2 Å². The standard InChI is InChI=1S/C25H26N4O2/c1-3-4-8-14-26-25(30)23-16-21(19-12-9-13-20(15-19)31-2)27-24-17-22(28-29(23)24)18-10-6-5-7-11-18/h5-7,9-13,15-17H,3-4,8,14H2,1-2H3,(H,26,30). The van der Waals surface area contributed by atoms with E-state index in [-0.39, 0.29) is 5.91 Å². The number of unbranched alkanes of at least 4 members (excludes halogenated alkanes) is 2. The molecule has 0 aliphatic carbocycles. The molecule has 2 heterocycles. The number of amides is 1. The molecule has 0 radical (unpaired) electrons. The van der Waals surface area contributed by atoms with Gasteiger partial charge in [0.2, 0.25) is 0 Å². The van der Waals surface area contributed by atoms with Gasteiger partial charge in [-0.3, -0.25) is 4.79 Å². The van der Waals surface area contributed by atoms with Crippen molar-refractivity contribution in [3.8, 4) is 28.3 Å². The number of benzene rings is 2. The molecule has 1 amide bonds. The van der Waals surface area contributed by atoms with Crippen LogP contribution in [-0.4, -0.2) is 34.2 Å². The number of fused-ring (bicyclic) bond motifs is 1. The smallest absolute Gasteiger partial charge is 0.270 e. The number of nitrogens with one attached hydrogen (secondary N) is 1. The van der Waals surface area contributed by atoms with E-state index in [0.717, 1.165) is 41.8 Å². The third-order valence-electron chi connectivity index (χ3n) is 5.16. The van der Waals surface area contributed by atoms with Gasteiger partial charge in [-0.1, -0.05) is 62.2 Å². The molecule has 0 bridgehead atoms. The highest BCUT2D eigenvalue weighted by Gasteiger charge is 2.17. The summed E-state index contributed by atoms with van der Waals surface area (Å²) >= 11 is 0. The van der Waals surface area contributed by atoms with Crippen LogP contribution in [0.15, 0.2) is 66.7 Å². The van der Waals surface area contributed by atoms with Gasteiger partial charge < -0.3 is 10.1 Å². The molecule has 0 saturated carbocycles. The number of hydrogen-bond acceptors (Lipinski definition) is 4. The average molecular weight is 415 g/mol. The Bertz CT molecular complexity index is 1180. The number of carbonyl (C=O) groups is 1. The van der Waals surface area contributed by atoms with E-state index in [0.29, 0.717) is 23.6 Å². The Hall–Kier alpha value is -3.67. The Morgan fingerprint density at radius 1 is 0.968 bits per heavy atom. The lowest BCUT2D eigenvalue weighted by atomic mass is 10.1. The molecule has 0 fully saturated rings. The van der Waals surface area contributed by atoms with E-state index >= 15 is 0 Å². The SMILES string of the molecule is CCCCCNC(=O)c1cc(-c2cccc(OC)c2)nc2cc(-c3ccccc3)nn12. The first-order valence-electron chi connectivity index (χ1n) is 10.6. The van der Waals surface area contributed by atoms with Gasteiger partial charge in [-0.15, -0.1) is 0 Å². The van der Waals surface area contributed by atoms with E-state index in [4.69, 9.17) is 9.72 Å². The van der Waals surface area contributed by atoms with E-state index < -0.39 is 0 Å². The number of ether oxygens (including phenoxy) is 1. The van der Waals surface area contributed by atoms with E-state index in [9.17, 15) is 4.79 Å². The molecule has 4 rings (SSSR count). The van der Waals surface area contributed by atoms with Crippen molar-refractivity contribution < 1.29 is 9.53 Å². The van der Waals surface area contributed by atoms with Gasteiger partial charge in [0, 0.05) is 23.7 Å². The molecule has 0 spiro atoms. The van der Waals surface area contributed by atoms with Crippen LogP contribution in [-0.2, 0) is 0 Å². The predicted molar refractivity (Wildman–Crippen MR) is 122 cm³/mol. The van der Waals surface area contributed by atoms with E-state index in [1.54, 1.807) is 17.7 Å². The lowest BCUT2D eigenvalue weighted by Gasteiger charge is -2.10. The maximum absolute atomic E-state index is 13.0. The molecule has 158 valence electrons. The van der Waals surface area contributed by atoms with E-state index in [1.807, 2.05) is 60.7 Å². The second-order valence-corrected chi connectivity index (χ2v) is 7.39. The minimum Gasteiger partial charge on any atom is -0.497 e. The van der Waals surface area contributed by atoms with Gasteiger partial charge >= 0.3 is 0 Å². The van der Waals surface area contributed by atoms with Gasteiger partial charge in [0.1, 0.15) is 11.4 Å². The van der Waals surface area contributed by atoms with Gasteiger partial charge in [-0.2, -0.15) is 5.10 Å². The molecule has 0 aliphatic heterocycles. The first kappa shape index (κ1) is 20.6. The summed E-state index contributed by atoms with van der Waals surface area (Å²) in [5.41, 5.74) is 4.41. The van der Waals surface area contributed by atoms with E-state index in [2.05, 4.69) is 17.3 Å². The highest BCUT2D eigenvalue weighted by atomic mass is 16.5. The zero-order valence-electron chi connectivity index (χ0n) is 17.8. The van der Waals surface area contributed by atoms with Crippen molar-refractivity contribution >= 4 is 11.6 Å². The highest BCUT2D eigenvalue weighted by Crippen LogP contribution is 2.26. The zero-order chi connectivity index (χ0) is 21.6. The normalized spacial score (nSPS) is 10.9. The van der Waals surface area contributed by atoms with Gasteiger partial charge in [0.05, 0.1) is 18.5 Å². The van der Waals surface area contributed by atoms with Crippen molar-refractivity contribution in [1.29, 1.82) is 0 Å². The molecular formula is C25H26N4O2. The largest absolute Gasteiger partial charge is 0.497 e. The van der Waals surface area contributed by atoms with Gasteiger partial charge in [0.15, 0.2) is 5.65 Å². The summed E-state index contributed by atoms with van der Waals surface area (Å²) in [6, 6.07) is 21.3. The Balaban J connectivity index is 1.79. The van der Waals surface area contributed by atoms with Crippen molar-refractivity contribution in [3.63, 3.8) is 0 Å². The highest BCUT2D eigenvalue weighted by molar-refractivity contribution is 5.94. The summed E-state index contributed by atoms with van der Waals surface area (Å²) in [6.07, 6.45) is 3.14. The van der Waals surface area contributed by atoms with Gasteiger partial charge in [-0.05, 0) is 24.6 Å². The van der Waals surface area contributed by atoms with Crippen molar-refractivity contribution in [2.24, 2.45) is 0 Å². The fourth-order valence-corrected chi connectivity index (χ4v) is 3.48. The van der Waals surface area contributed by atoms with Gasteiger partial charge in [-0.25, -0.2) is 9.50 Å². The monoisotopic (exact) mass is 414 g/mol. The summed E-state index contributed by atoms with van der Waals surface area (Å²) < 4.78 is 6.98. The predicted octanol–water partition coefficient (Wildman–Crippen LogP) is 4.99. The third kappa shape index (κ3) is 4.58. The molecule has 6 heteroatoms. The summed E-state index contributed by atoms with van der Waals surface area (Å²) in [5, 5.41) is 7.71. The summed E-state index contributed by atoms with van der Waals surface area (Å²) in [5.74, 6) is 0.582. The summed E-state index contributed by atoms with van der Waals surface area (Å²) in [7, 11) is 1.63. The molecule has 0 aliphatic rings. The second-order valence-electron chi connectivity index (χ2n) is 7.39. The number of methoxy groups -OCH3 is 1. The molecule has 0 atom stereocenters. The van der Waals surface area contributed by atoms with Crippen LogP contribution in [0.5, 0.6) is 5.75 Å². The Kier molecular flexibility index (Phi) is 6.26. The first-order chi connectivity index (χ1) is 15.2. The summed E-state index contributed by atoms with van der Waals surface area (Å²) in [4.78, 5) is 17.8. The fraction of sp³-hybridized carbons (Fsp3) is 0.240. The lowest BCUT2D eigenvalue weighted by Crippen LogP contribution is -2.27. The fourth-order valence-electron chi connectivity index (χ4n) is 3.48. The maximum atomic E-state index is 13.0. The molecule has 2 aromatic carbocycles. The Morgan fingerprint density at radius 2 is 1.77 bits per heavy atom. The van der Waals surface area contributed by atoms with Gasteiger partial charge in [0.25, 0.3) is 5.91 Å². The maximum Gasteiger partial charge on any atom is 0.270 e. The number of nitrogens with zero attached hydrogens (tertiary/aromatic N) is 3. The number of hydrogen-bond donors (Lipinski definition) is 1. The van der Waals surface area contributed by atoms with Crippen molar-refractivity contribution in [2.45, 2.75) is 26.2 Å². The molecule has 2 aromatic heterocycles. The van der Waals surface area contributed by atoms with Crippen LogP contribution < -0.4 is 10.1 Å². The second kappa shape index (κ2) is 9.43. The minimum atomic E-state index is -0.157. The molecule has 0 saturated heterocycles. The topological polar surface area (TPSA) is 68.5 Å². The first-order valence-corrected chi connectivity index (χ1v) is 10.6. The van der Waals surface area contributed by atoms with Crippen LogP contribution in [0.3, 0.4) is 0 Å². The van der Waals surface area contributed by atoms with Crippen molar-refractivity contribution in [1.82, 2.24) is 19.9 Å². The Morgan fingerprint density at radius 3 is 2.55 bits per heavy atom. The van der Waals surface area contributed by atoms with Crippen molar-refractivity contribution in [3.05, 3.63) is 72.4 Å². The van der Waals surface area contributed by atoms with E-state index in [1.165, 1.54) is 0 Å². The summed E-state index contributed by atoms with van der Waals surface area (Å²) in [6.45, 7) is 2.78. The molecule has 31 heavy (non-hydrogen) atoms. The van der Waals surface area contributed by atoms with Crippen LogP contribution in [0.1, 0.15) is 36.7 Å². The molecule has 0 unspecified atom stereocenters. The molecular weight excluding hydrogens is 388 g/mol. The Labute approximate surface area is 181 Å². The number of carbonyl (C=O) groups excluding carboxylic acids is 1. The average Bonchev–Trinajstić information content (AvgIpc) is 3.26. The van der Waals surface area contributed by atoms with Crippen LogP contribution >= 0.6 is 0 Å². The van der Waals surface area contributed by atoms with Crippen LogP contribution in [0.4, 0.5) is 0 Å². The zero-order valence-corrected chi connectivity index (χ0v) is 17.8. The number of rotatable bonds is 8. The molecule has 4 aromatic rings.